The molecule has 164 valence electrons. The number of unbranched alkanes of at least 4 members (excludes halogenated alkanes) is 1. The van der Waals surface area contributed by atoms with Gasteiger partial charge in [0.2, 0.25) is 0 Å². The van der Waals surface area contributed by atoms with E-state index in [0.717, 1.165) is 12.8 Å². The molecule has 0 aliphatic rings. The Labute approximate surface area is 186 Å². The Morgan fingerprint density at radius 2 is 1.94 bits per heavy atom. The molecule has 1 aromatic heterocycles. The van der Waals surface area contributed by atoms with Gasteiger partial charge in [-0.25, -0.2) is 9.37 Å². The predicted molar refractivity (Wildman–Crippen MR) is 128 cm³/mol. The predicted octanol–water partition coefficient (Wildman–Crippen LogP) is 6.80. The van der Waals surface area contributed by atoms with Gasteiger partial charge in [-0.2, -0.15) is 0 Å². The molecule has 0 saturated heterocycles. The molecule has 1 atom stereocenters. The molecule has 0 N–H and O–H groups in total. The summed E-state index contributed by atoms with van der Waals surface area (Å²) in [5.41, 5.74) is 1.31. The minimum Gasteiger partial charge on any atom is -0.411 e. The summed E-state index contributed by atoms with van der Waals surface area (Å²) >= 11 is 0. The maximum Gasteiger partial charge on any atom is 0.192 e. The van der Waals surface area contributed by atoms with Crippen LogP contribution in [0.3, 0.4) is 0 Å². The van der Waals surface area contributed by atoms with Crippen LogP contribution in [0.15, 0.2) is 49.1 Å². The SMILES string of the molecule is C=CC(CCCC#Cc1nc(-c2ccccc2)c(F)cc1C=O)O[Si](C)(C)C(C)(C)C. The second-order valence-electron chi connectivity index (χ2n) is 9.09. The number of hydrogen-bond donors (Lipinski definition) is 0. The number of aldehydes is 1. The lowest BCUT2D eigenvalue weighted by Gasteiger charge is -2.38. The molecule has 1 unspecified atom stereocenters. The topological polar surface area (TPSA) is 39.2 Å². The fourth-order valence-corrected chi connectivity index (χ4v) is 4.13. The molecule has 2 rings (SSSR count). The van der Waals surface area contributed by atoms with Crippen molar-refractivity contribution in [1.82, 2.24) is 4.98 Å². The second kappa shape index (κ2) is 10.7. The summed E-state index contributed by atoms with van der Waals surface area (Å²) in [5.74, 6) is 5.49. The minimum atomic E-state index is -1.86. The van der Waals surface area contributed by atoms with Crippen LogP contribution in [-0.2, 0) is 4.43 Å². The van der Waals surface area contributed by atoms with Gasteiger partial charge in [-0.1, -0.05) is 63.1 Å². The molecule has 0 fully saturated rings. The number of hydrogen-bond acceptors (Lipinski definition) is 3. The third kappa shape index (κ3) is 6.71. The quantitative estimate of drug-likeness (QED) is 0.150. The van der Waals surface area contributed by atoms with E-state index in [0.29, 0.717) is 24.0 Å². The monoisotopic (exact) mass is 437 g/mol. The number of pyridine rings is 1. The van der Waals surface area contributed by atoms with Crippen molar-refractivity contribution in [3.05, 3.63) is 66.1 Å². The molecule has 1 heterocycles. The van der Waals surface area contributed by atoms with E-state index in [1.807, 2.05) is 24.3 Å². The molecule has 0 bridgehead atoms. The zero-order valence-corrected chi connectivity index (χ0v) is 20.2. The van der Waals surface area contributed by atoms with E-state index in [-0.39, 0.29) is 22.4 Å². The number of nitrogens with zero attached hydrogens (tertiary/aromatic N) is 1. The van der Waals surface area contributed by atoms with Gasteiger partial charge in [-0.05, 0) is 43.0 Å². The average molecular weight is 438 g/mol. The Bertz CT molecular complexity index is 969. The summed E-state index contributed by atoms with van der Waals surface area (Å²) in [5, 5.41) is 0.143. The van der Waals surface area contributed by atoms with Crippen molar-refractivity contribution in [3.63, 3.8) is 0 Å². The Hall–Kier alpha value is -2.55. The lowest BCUT2D eigenvalue weighted by Crippen LogP contribution is -2.43. The fraction of sp³-hybridized carbons (Fsp3) is 0.385. The van der Waals surface area contributed by atoms with Crippen LogP contribution < -0.4 is 0 Å². The fourth-order valence-electron chi connectivity index (χ4n) is 2.81. The van der Waals surface area contributed by atoms with Crippen LogP contribution in [0.4, 0.5) is 4.39 Å². The summed E-state index contributed by atoms with van der Waals surface area (Å²) in [6, 6.07) is 10.2. The zero-order chi connectivity index (χ0) is 23.1. The van der Waals surface area contributed by atoms with Crippen LogP contribution in [0.1, 0.15) is 56.1 Å². The van der Waals surface area contributed by atoms with E-state index in [9.17, 15) is 9.18 Å². The minimum absolute atomic E-state index is 0.00172. The maximum absolute atomic E-state index is 14.4. The van der Waals surface area contributed by atoms with Crippen LogP contribution in [0, 0.1) is 17.7 Å². The van der Waals surface area contributed by atoms with Crippen molar-refractivity contribution in [2.24, 2.45) is 0 Å². The van der Waals surface area contributed by atoms with Gasteiger partial charge in [0.1, 0.15) is 17.2 Å². The highest BCUT2D eigenvalue weighted by atomic mass is 28.4. The summed E-state index contributed by atoms with van der Waals surface area (Å²) in [7, 11) is -1.86. The summed E-state index contributed by atoms with van der Waals surface area (Å²) in [6.07, 6.45) is 4.76. The highest BCUT2D eigenvalue weighted by Crippen LogP contribution is 2.37. The van der Waals surface area contributed by atoms with Gasteiger partial charge in [-0.3, -0.25) is 4.79 Å². The second-order valence-corrected chi connectivity index (χ2v) is 13.8. The van der Waals surface area contributed by atoms with Gasteiger partial charge in [-0.15, -0.1) is 6.58 Å². The van der Waals surface area contributed by atoms with Crippen molar-refractivity contribution >= 4 is 14.6 Å². The van der Waals surface area contributed by atoms with Crippen molar-refractivity contribution in [2.75, 3.05) is 0 Å². The van der Waals surface area contributed by atoms with E-state index in [4.69, 9.17) is 4.43 Å². The van der Waals surface area contributed by atoms with Crippen LogP contribution in [-0.4, -0.2) is 25.7 Å². The average Bonchev–Trinajstić information content (AvgIpc) is 2.72. The third-order valence-corrected chi connectivity index (χ3v) is 10.2. The van der Waals surface area contributed by atoms with Crippen LogP contribution >= 0.6 is 0 Å². The van der Waals surface area contributed by atoms with Gasteiger partial charge in [0.15, 0.2) is 14.6 Å². The molecule has 1 aromatic carbocycles. The summed E-state index contributed by atoms with van der Waals surface area (Å²) in [6.45, 7) is 15.0. The third-order valence-electron chi connectivity index (χ3n) is 5.69. The zero-order valence-electron chi connectivity index (χ0n) is 19.2. The number of carbonyl (C=O) groups is 1. The molecule has 5 heteroatoms. The van der Waals surface area contributed by atoms with Crippen molar-refractivity contribution < 1.29 is 13.6 Å². The van der Waals surface area contributed by atoms with Gasteiger partial charge >= 0.3 is 0 Å². The number of carbonyl (C=O) groups excluding carboxylic acids is 1. The largest absolute Gasteiger partial charge is 0.411 e. The molecule has 3 nitrogen and oxygen atoms in total. The first kappa shape index (κ1) is 24.7. The van der Waals surface area contributed by atoms with Crippen LogP contribution in [0.2, 0.25) is 18.1 Å². The Morgan fingerprint density at radius 3 is 2.52 bits per heavy atom. The van der Waals surface area contributed by atoms with Crippen molar-refractivity contribution in [2.45, 2.75) is 64.3 Å². The summed E-state index contributed by atoms with van der Waals surface area (Å²) in [4.78, 5) is 15.7. The standard InChI is InChI=1S/C26H32FNO2Si/c1-7-22(30-31(5,6)26(2,3)4)16-12-9-13-17-24-21(19-29)18-23(27)25(28-24)20-14-10-8-11-15-20/h7-8,10-11,14-15,18-19,22H,1,9,12,16H2,2-6H3. The highest BCUT2D eigenvalue weighted by molar-refractivity contribution is 6.74. The molecule has 0 saturated carbocycles. The van der Waals surface area contributed by atoms with Gasteiger partial charge in [0.05, 0.1) is 11.7 Å². The number of aromatic nitrogens is 1. The molecule has 31 heavy (non-hydrogen) atoms. The summed E-state index contributed by atoms with van der Waals surface area (Å²) < 4.78 is 20.8. The first-order valence-electron chi connectivity index (χ1n) is 10.6. The van der Waals surface area contributed by atoms with E-state index in [1.54, 1.807) is 12.1 Å². The highest BCUT2D eigenvalue weighted by Gasteiger charge is 2.38. The number of halogens is 1. The lowest BCUT2D eigenvalue weighted by molar-refractivity contribution is 0.112. The van der Waals surface area contributed by atoms with Crippen LogP contribution in [0.5, 0.6) is 0 Å². The van der Waals surface area contributed by atoms with E-state index >= 15 is 0 Å². The Morgan fingerprint density at radius 1 is 1.26 bits per heavy atom. The first-order valence-corrected chi connectivity index (χ1v) is 13.5. The maximum atomic E-state index is 14.4. The Kier molecular flexibility index (Phi) is 8.49. The molecule has 0 aliphatic heterocycles. The molecule has 2 aromatic rings. The number of rotatable bonds is 8. The molecule has 0 aliphatic carbocycles. The first-order chi connectivity index (χ1) is 14.6. The van der Waals surface area contributed by atoms with E-state index in [1.165, 1.54) is 6.07 Å². The molecule has 0 amide bonds. The van der Waals surface area contributed by atoms with Gasteiger partial charge < -0.3 is 4.43 Å². The van der Waals surface area contributed by atoms with Gasteiger partial charge in [0.25, 0.3) is 0 Å². The molecular formula is C26H32FNO2Si. The van der Waals surface area contributed by atoms with Crippen LogP contribution in [0.25, 0.3) is 11.3 Å². The Balaban J connectivity index is 2.07. The van der Waals surface area contributed by atoms with Crippen molar-refractivity contribution in [1.29, 1.82) is 0 Å². The van der Waals surface area contributed by atoms with Gasteiger partial charge in [0, 0.05) is 12.0 Å². The molecular weight excluding hydrogens is 405 g/mol. The molecule has 0 spiro atoms. The smallest absolute Gasteiger partial charge is 0.192 e. The lowest BCUT2D eigenvalue weighted by atomic mass is 10.1. The molecule has 0 radical (unpaired) electrons. The normalized spacial score (nSPS) is 12.6. The van der Waals surface area contributed by atoms with E-state index in [2.05, 4.69) is 57.3 Å². The van der Waals surface area contributed by atoms with E-state index < -0.39 is 14.1 Å². The number of benzene rings is 1. The van der Waals surface area contributed by atoms with Crippen molar-refractivity contribution in [3.8, 4) is 23.1 Å².